The highest BCUT2D eigenvalue weighted by molar-refractivity contribution is 6.02. The molecule has 5 rings (SSSR count). The molecule has 0 atom stereocenters. The van der Waals surface area contributed by atoms with Crippen LogP contribution in [0.5, 0.6) is 5.75 Å². The quantitative estimate of drug-likeness (QED) is 0.466. The third-order valence-electron chi connectivity index (χ3n) is 8.14. The van der Waals surface area contributed by atoms with Gasteiger partial charge in [0.1, 0.15) is 5.75 Å². The largest absolute Gasteiger partial charge is 0.483 e. The Balaban J connectivity index is 1.20. The summed E-state index contributed by atoms with van der Waals surface area (Å²) in [6.07, 6.45) is 4.87. The van der Waals surface area contributed by atoms with Crippen molar-refractivity contribution in [2.24, 2.45) is 5.41 Å². The zero-order valence-corrected chi connectivity index (χ0v) is 22.9. The first kappa shape index (κ1) is 27.6. The molecule has 2 aliphatic heterocycles. The first-order valence-electron chi connectivity index (χ1n) is 14.3. The molecule has 3 amide bonds. The third kappa shape index (κ3) is 6.80. The molecule has 1 spiro atoms. The number of likely N-dealkylation sites (tertiary alicyclic amines) is 1. The van der Waals surface area contributed by atoms with Gasteiger partial charge in [0.05, 0.1) is 12.0 Å². The molecule has 0 saturated carbocycles. The van der Waals surface area contributed by atoms with Gasteiger partial charge in [0.25, 0.3) is 5.91 Å². The second kappa shape index (κ2) is 13.0. The summed E-state index contributed by atoms with van der Waals surface area (Å²) in [5, 5.41) is 11.1. The van der Waals surface area contributed by atoms with Crippen molar-refractivity contribution < 1.29 is 19.1 Å². The van der Waals surface area contributed by atoms with Gasteiger partial charge in [-0.1, -0.05) is 61.0 Å². The van der Waals surface area contributed by atoms with E-state index in [1.165, 1.54) is 0 Å². The number of fused-ring (bicyclic) bond motifs is 2. The number of ether oxygens (including phenoxy) is 1. The molecular formula is C32H38N4O4. The predicted molar refractivity (Wildman–Crippen MR) is 156 cm³/mol. The van der Waals surface area contributed by atoms with Gasteiger partial charge in [-0.15, -0.1) is 0 Å². The number of piperidine rings is 1. The summed E-state index contributed by atoms with van der Waals surface area (Å²) in [5.41, 5.74) is 1.43. The summed E-state index contributed by atoms with van der Waals surface area (Å²) in [6, 6.07) is 21.8. The van der Waals surface area contributed by atoms with E-state index in [9.17, 15) is 14.4 Å². The Hall–Kier alpha value is -3.91. The minimum absolute atomic E-state index is 0.0429. The molecule has 3 N–H and O–H groups in total. The molecule has 40 heavy (non-hydrogen) atoms. The van der Waals surface area contributed by atoms with Crippen LogP contribution in [0, 0.1) is 5.41 Å². The fraction of sp³-hybridized carbons (Fsp3) is 0.406. The number of amides is 3. The first-order valence-corrected chi connectivity index (χ1v) is 14.3. The van der Waals surface area contributed by atoms with Gasteiger partial charge >= 0.3 is 0 Å². The lowest BCUT2D eigenvalue weighted by molar-refractivity contribution is -0.135. The Kier molecular flexibility index (Phi) is 8.96. The number of hydrogen-bond acceptors (Lipinski definition) is 5. The lowest BCUT2D eigenvalue weighted by Crippen LogP contribution is -2.51. The molecule has 0 aliphatic carbocycles. The second-order valence-corrected chi connectivity index (χ2v) is 10.8. The minimum Gasteiger partial charge on any atom is -0.483 e. The Labute approximate surface area is 235 Å². The maximum atomic E-state index is 13.5. The van der Waals surface area contributed by atoms with Crippen LogP contribution < -0.4 is 20.7 Å². The number of rotatable bonds is 3. The molecular weight excluding hydrogens is 504 g/mol. The van der Waals surface area contributed by atoms with Crippen LogP contribution in [0.15, 0.2) is 66.7 Å². The van der Waals surface area contributed by atoms with Crippen LogP contribution in [0.2, 0.25) is 0 Å². The number of carbonyl (C=O) groups is 3. The summed E-state index contributed by atoms with van der Waals surface area (Å²) in [7, 11) is 0. The van der Waals surface area contributed by atoms with E-state index in [1.54, 1.807) is 0 Å². The molecule has 0 aromatic heterocycles. The molecule has 2 aliphatic rings. The number of carbonyl (C=O) groups excluding carboxylic acids is 3. The highest BCUT2D eigenvalue weighted by Gasteiger charge is 2.40. The van der Waals surface area contributed by atoms with Crippen molar-refractivity contribution in [3.05, 3.63) is 72.3 Å². The Morgan fingerprint density at radius 2 is 1.62 bits per heavy atom. The number of anilines is 1. The van der Waals surface area contributed by atoms with Gasteiger partial charge in [-0.25, -0.2) is 0 Å². The van der Waals surface area contributed by atoms with Gasteiger partial charge in [0.2, 0.25) is 11.8 Å². The first-order chi connectivity index (χ1) is 19.5. The van der Waals surface area contributed by atoms with Crippen molar-refractivity contribution in [1.29, 1.82) is 0 Å². The molecule has 2 heterocycles. The third-order valence-corrected chi connectivity index (χ3v) is 8.14. The lowest BCUT2D eigenvalue weighted by atomic mass is 9.73. The number of aryl methyl sites for hydroxylation is 1. The van der Waals surface area contributed by atoms with Gasteiger partial charge in [0, 0.05) is 24.2 Å². The van der Waals surface area contributed by atoms with Crippen LogP contribution in [-0.4, -0.2) is 62.0 Å². The lowest BCUT2D eigenvalue weighted by Gasteiger charge is -2.40. The maximum Gasteiger partial charge on any atom is 0.258 e. The minimum atomic E-state index is -0.469. The maximum absolute atomic E-state index is 13.5. The predicted octanol–water partition coefficient (Wildman–Crippen LogP) is 3.90. The number of benzene rings is 3. The zero-order chi connectivity index (χ0) is 27.8. The standard InChI is InChI=1S/C32H38N4O4/c37-29(35-27-13-7-11-24-8-1-3-12-26(24)27)22-36-20-16-32(17-21-36)15-6-5-10-25-9-2-4-14-28(25)40-23-30(38)33-18-19-34-31(32)39/h1-4,7-9,11-14H,5-6,10,15-23H2,(H,33,38)(H,34,39)(H,35,37). The number of nitrogens with zero attached hydrogens (tertiary/aromatic N) is 1. The summed E-state index contributed by atoms with van der Waals surface area (Å²) in [4.78, 5) is 40.8. The summed E-state index contributed by atoms with van der Waals surface area (Å²) >= 11 is 0. The molecule has 3 aromatic carbocycles. The van der Waals surface area contributed by atoms with E-state index in [1.807, 2.05) is 66.7 Å². The van der Waals surface area contributed by atoms with Crippen LogP contribution in [0.4, 0.5) is 5.69 Å². The van der Waals surface area contributed by atoms with Crippen molar-refractivity contribution >= 4 is 34.2 Å². The second-order valence-electron chi connectivity index (χ2n) is 10.8. The fourth-order valence-corrected chi connectivity index (χ4v) is 5.85. The van der Waals surface area contributed by atoms with Crippen LogP contribution in [0.1, 0.15) is 37.7 Å². The van der Waals surface area contributed by atoms with E-state index in [0.29, 0.717) is 45.6 Å². The monoisotopic (exact) mass is 542 g/mol. The molecule has 8 heteroatoms. The Morgan fingerprint density at radius 3 is 2.50 bits per heavy atom. The van der Waals surface area contributed by atoms with E-state index < -0.39 is 5.41 Å². The van der Waals surface area contributed by atoms with Crippen molar-refractivity contribution in [1.82, 2.24) is 15.5 Å². The molecule has 3 aromatic rings. The van der Waals surface area contributed by atoms with E-state index in [0.717, 1.165) is 53.5 Å². The zero-order valence-electron chi connectivity index (χ0n) is 22.9. The summed E-state index contributed by atoms with van der Waals surface area (Å²) in [5.74, 6) is 0.541. The van der Waals surface area contributed by atoms with Crippen molar-refractivity contribution in [3.63, 3.8) is 0 Å². The van der Waals surface area contributed by atoms with Crippen molar-refractivity contribution in [3.8, 4) is 5.75 Å². The van der Waals surface area contributed by atoms with E-state index in [-0.39, 0.29) is 24.3 Å². The fourth-order valence-electron chi connectivity index (χ4n) is 5.85. The van der Waals surface area contributed by atoms with Crippen LogP contribution in [0.25, 0.3) is 10.8 Å². The SMILES string of the molecule is O=C1COc2ccccc2CCCCC2(CCN(CC(=O)Nc3cccc4ccccc34)CC2)C(=O)NCCN1. The van der Waals surface area contributed by atoms with Crippen LogP contribution in [0.3, 0.4) is 0 Å². The highest BCUT2D eigenvalue weighted by Crippen LogP contribution is 2.37. The molecule has 0 bridgehead atoms. The number of nitrogens with one attached hydrogen (secondary N) is 3. The van der Waals surface area contributed by atoms with Crippen LogP contribution in [-0.2, 0) is 20.8 Å². The molecule has 0 radical (unpaired) electrons. The Bertz CT molecular complexity index is 1340. The molecule has 8 nitrogen and oxygen atoms in total. The number of hydrogen-bond donors (Lipinski definition) is 3. The molecule has 210 valence electrons. The normalized spacial score (nSPS) is 18.9. The average Bonchev–Trinajstić information content (AvgIpc) is 2.98. The summed E-state index contributed by atoms with van der Waals surface area (Å²) < 4.78 is 5.77. The van der Waals surface area contributed by atoms with Crippen molar-refractivity contribution in [2.45, 2.75) is 38.5 Å². The Morgan fingerprint density at radius 1 is 0.875 bits per heavy atom. The van der Waals surface area contributed by atoms with Gasteiger partial charge in [-0.05, 0) is 68.3 Å². The van der Waals surface area contributed by atoms with Gasteiger partial charge in [-0.3, -0.25) is 19.3 Å². The van der Waals surface area contributed by atoms with Gasteiger partial charge < -0.3 is 20.7 Å². The van der Waals surface area contributed by atoms with Gasteiger partial charge in [-0.2, -0.15) is 0 Å². The average molecular weight is 543 g/mol. The van der Waals surface area contributed by atoms with E-state index >= 15 is 0 Å². The molecule has 1 fully saturated rings. The van der Waals surface area contributed by atoms with Crippen LogP contribution >= 0.6 is 0 Å². The highest BCUT2D eigenvalue weighted by atomic mass is 16.5. The van der Waals surface area contributed by atoms with Gasteiger partial charge in [0.15, 0.2) is 6.61 Å². The van der Waals surface area contributed by atoms with E-state index in [2.05, 4.69) is 20.9 Å². The summed E-state index contributed by atoms with van der Waals surface area (Å²) in [6.45, 7) is 2.35. The topological polar surface area (TPSA) is 99.8 Å². The van der Waals surface area contributed by atoms with E-state index in [4.69, 9.17) is 4.74 Å². The smallest absolute Gasteiger partial charge is 0.258 e. The molecule has 1 saturated heterocycles. The van der Waals surface area contributed by atoms with Crippen molar-refractivity contribution in [2.75, 3.05) is 44.6 Å². The molecule has 0 unspecified atom stereocenters. The number of para-hydroxylation sites is 1.